The highest BCUT2D eigenvalue weighted by Gasteiger charge is 2.41. The SMILES string of the molecule is Nc1ccn([C@@H]2C[P@](=O)(CO)C[C@H]2O)c(=O)n1. The molecule has 8 heteroatoms. The fourth-order valence-corrected chi connectivity index (χ4v) is 4.47. The van der Waals surface area contributed by atoms with E-state index >= 15 is 0 Å². The third kappa shape index (κ3) is 2.26. The van der Waals surface area contributed by atoms with Crippen LogP contribution in [-0.4, -0.2) is 44.5 Å². The van der Waals surface area contributed by atoms with Crippen LogP contribution in [-0.2, 0) is 4.57 Å². The second kappa shape index (κ2) is 4.25. The van der Waals surface area contributed by atoms with Gasteiger partial charge in [0, 0.05) is 18.5 Å². The molecule has 1 saturated heterocycles. The summed E-state index contributed by atoms with van der Waals surface area (Å²) >= 11 is 0. The monoisotopic (exact) mass is 259 g/mol. The van der Waals surface area contributed by atoms with Gasteiger partial charge < -0.3 is 20.5 Å². The molecule has 1 fully saturated rings. The number of nitrogen functional groups attached to an aromatic ring is 1. The first-order chi connectivity index (χ1) is 7.95. The first kappa shape index (κ1) is 12.3. The smallest absolute Gasteiger partial charge is 0.349 e. The third-order valence-corrected chi connectivity index (χ3v) is 5.54. The number of hydrogen-bond acceptors (Lipinski definition) is 6. The van der Waals surface area contributed by atoms with E-state index in [1.165, 1.54) is 16.8 Å². The van der Waals surface area contributed by atoms with Gasteiger partial charge in [0.05, 0.1) is 18.5 Å². The molecule has 17 heavy (non-hydrogen) atoms. The van der Waals surface area contributed by atoms with Crippen molar-refractivity contribution >= 4 is 13.0 Å². The summed E-state index contributed by atoms with van der Waals surface area (Å²) in [5, 5.41) is 18.8. The molecule has 1 aromatic heterocycles. The van der Waals surface area contributed by atoms with Gasteiger partial charge in [0.15, 0.2) is 0 Å². The highest BCUT2D eigenvalue weighted by Crippen LogP contribution is 2.54. The minimum absolute atomic E-state index is 0.0327. The Morgan fingerprint density at radius 3 is 2.82 bits per heavy atom. The van der Waals surface area contributed by atoms with Crippen LogP contribution in [0.5, 0.6) is 0 Å². The van der Waals surface area contributed by atoms with Gasteiger partial charge in [-0.05, 0) is 6.07 Å². The molecule has 0 bridgehead atoms. The van der Waals surface area contributed by atoms with Crippen molar-refractivity contribution in [2.24, 2.45) is 0 Å². The van der Waals surface area contributed by atoms with Crippen LogP contribution in [0.2, 0.25) is 0 Å². The van der Waals surface area contributed by atoms with Crippen molar-refractivity contribution in [3.8, 4) is 0 Å². The fraction of sp³-hybridized carbons (Fsp3) is 0.556. The quantitative estimate of drug-likeness (QED) is 0.589. The molecule has 3 atom stereocenters. The average Bonchev–Trinajstić information content (AvgIpc) is 2.55. The number of hydrogen-bond donors (Lipinski definition) is 3. The predicted molar refractivity (Wildman–Crippen MR) is 62.4 cm³/mol. The maximum Gasteiger partial charge on any atom is 0.349 e. The van der Waals surface area contributed by atoms with Crippen molar-refractivity contribution in [1.82, 2.24) is 9.55 Å². The van der Waals surface area contributed by atoms with E-state index in [-0.39, 0.29) is 18.1 Å². The van der Waals surface area contributed by atoms with Crippen LogP contribution in [0.3, 0.4) is 0 Å². The normalized spacial score (nSPS) is 32.8. The standard InChI is InChI=1S/C9H14N3O4P/c10-8-1-2-12(9(15)11-8)6-3-17(16,5-13)4-7(6)14/h1-2,6-7,13-14H,3-5H2,(H2,10,11,15)/t6-,7-,17-/m1/s1. The number of aromatic nitrogens is 2. The molecule has 0 aliphatic carbocycles. The topological polar surface area (TPSA) is 118 Å². The van der Waals surface area contributed by atoms with Gasteiger partial charge in [0.1, 0.15) is 13.0 Å². The van der Waals surface area contributed by atoms with Gasteiger partial charge in [0.2, 0.25) is 0 Å². The summed E-state index contributed by atoms with van der Waals surface area (Å²) in [6, 6.07) is 0.838. The molecule has 0 spiro atoms. The van der Waals surface area contributed by atoms with E-state index in [0.717, 1.165) is 0 Å². The lowest BCUT2D eigenvalue weighted by Crippen LogP contribution is -2.32. The molecule has 2 heterocycles. The summed E-state index contributed by atoms with van der Waals surface area (Å²) in [6.45, 7) is 0. The van der Waals surface area contributed by atoms with E-state index in [2.05, 4.69) is 4.98 Å². The molecule has 0 amide bonds. The van der Waals surface area contributed by atoms with E-state index in [1.807, 2.05) is 0 Å². The molecule has 0 aromatic carbocycles. The van der Waals surface area contributed by atoms with Crippen molar-refractivity contribution in [3.05, 3.63) is 22.7 Å². The Bertz CT molecular complexity index is 529. The second-order valence-electron chi connectivity index (χ2n) is 4.24. The lowest BCUT2D eigenvalue weighted by molar-refractivity contribution is 0.150. The highest BCUT2D eigenvalue weighted by atomic mass is 31.2. The van der Waals surface area contributed by atoms with Crippen molar-refractivity contribution in [3.63, 3.8) is 0 Å². The number of nitrogens with two attached hydrogens (primary N) is 1. The van der Waals surface area contributed by atoms with Crippen LogP contribution in [0.4, 0.5) is 5.82 Å². The van der Waals surface area contributed by atoms with Gasteiger partial charge >= 0.3 is 5.69 Å². The van der Waals surface area contributed by atoms with Gasteiger partial charge in [0.25, 0.3) is 0 Å². The van der Waals surface area contributed by atoms with Crippen molar-refractivity contribution in [1.29, 1.82) is 0 Å². The Morgan fingerprint density at radius 1 is 1.59 bits per heavy atom. The lowest BCUT2D eigenvalue weighted by atomic mass is 10.2. The molecule has 7 nitrogen and oxygen atoms in total. The molecule has 1 aliphatic heterocycles. The molecular weight excluding hydrogens is 245 g/mol. The molecule has 94 valence electrons. The van der Waals surface area contributed by atoms with Crippen LogP contribution in [0.25, 0.3) is 0 Å². The molecule has 0 unspecified atom stereocenters. The average molecular weight is 259 g/mol. The molecule has 0 radical (unpaired) electrons. The van der Waals surface area contributed by atoms with Crippen LogP contribution >= 0.6 is 7.14 Å². The summed E-state index contributed by atoms with van der Waals surface area (Å²) < 4.78 is 13.2. The maximum atomic E-state index is 12.0. The van der Waals surface area contributed by atoms with Crippen LogP contribution in [0.15, 0.2) is 17.1 Å². The van der Waals surface area contributed by atoms with Gasteiger partial charge in [-0.3, -0.25) is 4.57 Å². The molecule has 4 N–H and O–H groups in total. The fourth-order valence-electron chi connectivity index (χ4n) is 2.07. The summed E-state index contributed by atoms with van der Waals surface area (Å²) in [6.07, 6.45) is 0.209. The van der Waals surface area contributed by atoms with E-state index in [1.54, 1.807) is 0 Å². The summed E-state index contributed by atoms with van der Waals surface area (Å²) in [4.78, 5) is 15.1. The number of nitrogens with zero attached hydrogens (tertiary/aromatic N) is 2. The van der Waals surface area contributed by atoms with Crippen molar-refractivity contribution in [2.75, 3.05) is 24.4 Å². The highest BCUT2D eigenvalue weighted by molar-refractivity contribution is 7.64. The van der Waals surface area contributed by atoms with E-state index < -0.39 is 31.3 Å². The van der Waals surface area contributed by atoms with Gasteiger partial charge in [-0.2, -0.15) is 4.98 Å². The zero-order chi connectivity index (χ0) is 12.6. The minimum atomic E-state index is -2.77. The first-order valence-corrected chi connectivity index (χ1v) is 7.42. The molecule has 0 saturated carbocycles. The number of aliphatic hydroxyl groups is 2. The van der Waals surface area contributed by atoms with Crippen LogP contribution in [0, 0.1) is 0 Å². The second-order valence-corrected chi connectivity index (χ2v) is 7.37. The van der Waals surface area contributed by atoms with Gasteiger partial charge in [-0.1, -0.05) is 0 Å². The van der Waals surface area contributed by atoms with E-state index in [9.17, 15) is 14.5 Å². The van der Waals surface area contributed by atoms with Crippen molar-refractivity contribution in [2.45, 2.75) is 12.1 Å². The van der Waals surface area contributed by atoms with E-state index in [0.29, 0.717) is 0 Å². The predicted octanol–water partition coefficient (Wildman–Crippen LogP) is -0.946. The maximum absolute atomic E-state index is 12.0. The number of aliphatic hydroxyl groups excluding tert-OH is 2. The molecule has 2 rings (SSSR count). The Morgan fingerprint density at radius 2 is 2.29 bits per heavy atom. The zero-order valence-electron chi connectivity index (χ0n) is 9.06. The summed E-state index contributed by atoms with van der Waals surface area (Å²) in [7, 11) is -2.77. The van der Waals surface area contributed by atoms with Crippen LogP contribution < -0.4 is 11.4 Å². The number of anilines is 1. The molecular formula is C9H14N3O4P. The summed E-state index contributed by atoms with van der Waals surface area (Å²) in [5.74, 6) is 0.101. The van der Waals surface area contributed by atoms with Gasteiger partial charge in [-0.15, -0.1) is 0 Å². The third-order valence-electron chi connectivity index (χ3n) is 2.95. The molecule has 1 aromatic rings. The van der Waals surface area contributed by atoms with E-state index in [4.69, 9.17) is 10.8 Å². The number of rotatable bonds is 2. The van der Waals surface area contributed by atoms with Gasteiger partial charge in [-0.25, -0.2) is 4.79 Å². The summed E-state index contributed by atoms with van der Waals surface area (Å²) in [5.41, 5.74) is 4.78. The van der Waals surface area contributed by atoms with Crippen molar-refractivity contribution < 1.29 is 14.8 Å². The van der Waals surface area contributed by atoms with Crippen LogP contribution in [0.1, 0.15) is 6.04 Å². The Balaban J connectivity index is 2.36. The Hall–Kier alpha value is -1.17. The minimum Gasteiger partial charge on any atom is -0.390 e. The first-order valence-electron chi connectivity index (χ1n) is 5.16. The Labute approximate surface area is 97.3 Å². The largest absolute Gasteiger partial charge is 0.390 e. The zero-order valence-corrected chi connectivity index (χ0v) is 9.96. The molecule has 1 aliphatic rings. The Kier molecular flexibility index (Phi) is 3.07. The lowest BCUT2D eigenvalue weighted by Gasteiger charge is -2.16.